The second-order valence-electron chi connectivity index (χ2n) is 5.29. The van der Waals surface area contributed by atoms with Crippen molar-refractivity contribution in [2.45, 2.75) is 26.2 Å². The van der Waals surface area contributed by atoms with Crippen molar-refractivity contribution >= 4 is 0 Å². The Labute approximate surface area is 118 Å². The maximum absolute atomic E-state index is 12.8. The van der Waals surface area contributed by atoms with Gasteiger partial charge in [0.15, 0.2) is 7.14 Å². The average Bonchev–Trinajstić information content (AvgIpc) is 2.32. The molecule has 2 rings (SSSR count). The average molecular weight is 355 g/mol. The predicted molar refractivity (Wildman–Crippen MR) is 68.9 cm³/mol. The highest BCUT2D eigenvalue weighted by molar-refractivity contribution is 5.22. The fourth-order valence-corrected chi connectivity index (χ4v) is 3.79. The minimum Gasteiger partial charge on any atom is -0.207 e. The van der Waals surface area contributed by atoms with Crippen LogP contribution in [0.1, 0.15) is 26.3 Å². The van der Waals surface area contributed by atoms with E-state index in [-0.39, 0.29) is 32.4 Å². The first kappa shape index (κ1) is 13.5. The van der Waals surface area contributed by atoms with Crippen LogP contribution in [0.5, 0.6) is 0 Å². The van der Waals surface area contributed by atoms with Gasteiger partial charge >= 0.3 is 21.2 Å². The molecule has 0 atom stereocenters. The molecule has 2 heteroatoms. The molecule has 0 saturated heterocycles. The molecule has 0 fully saturated rings. The summed E-state index contributed by atoms with van der Waals surface area (Å²) in [6, 6.07) is 15.7. The lowest BCUT2D eigenvalue weighted by Crippen LogP contribution is -3.61. The summed E-state index contributed by atoms with van der Waals surface area (Å²) in [5.74, 6) is -0.161. The van der Waals surface area contributed by atoms with Crippen LogP contribution < -0.4 is 21.2 Å². The topological polar surface area (TPSA) is 0 Å². The van der Waals surface area contributed by atoms with Gasteiger partial charge in [-0.25, -0.2) is 4.39 Å². The Balaban J connectivity index is 2.13. The van der Waals surface area contributed by atoms with E-state index in [0.29, 0.717) is 0 Å². The highest BCUT2D eigenvalue weighted by Crippen LogP contribution is 2.20. The molecule has 0 aliphatic carbocycles. The molecular formula is C16H17FI+. The molecule has 0 saturated carbocycles. The highest BCUT2D eigenvalue weighted by atomic mass is 127. The van der Waals surface area contributed by atoms with Crippen LogP contribution in [0.25, 0.3) is 0 Å². The Hall–Kier alpha value is -0.900. The van der Waals surface area contributed by atoms with Gasteiger partial charge in [-0.2, -0.15) is 0 Å². The van der Waals surface area contributed by atoms with Gasteiger partial charge in [0.2, 0.25) is 0 Å². The van der Waals surface area contributed by atoms with Gasteiger partial charge in [-0.1, -0.05) is 32.9 Å². The molecule has 18 heavy (non-hydrogen) atoms. The van der Waals surface area contributed by atoms with Crippen molar-refractivity contribution in [2.75, 3.05) is 0 Å². The molecule has 0 unspecified atom stereocenters. The first-order chi connectivity index (χ1) is 8.45. The molecule has 0 radical (unpaired) electrons. The van der Waals surface area contributed by atoms with Crippen molar-refractivity contribution in [1.82, 2.24) is 0 Å². The largest absolute Gasteiger partial charge is 0.357 e. The van der Waals surface area contributed by atoms with E-state index in [2.05, 4.69) is 45.0 Å². The summed E-state index contributed by atoms with van der Waals surface area (Å²) in [7, 11) is 0. The molecular weight excluding hydrogens is 338 g/mol. The summed E-state index contributed by atoms with van der Waals surface area (Å²) in [6.07, 6.45) is 0. The van der Waals surface area contributed by atoms with Crippen LogP contribution in [0.15, 0.2) is 48.5 Å². The third kappa shape index (κ3) is 3.55. The normalized spacial score (nSPS) is 11.6. The number of hydrogen-bond donors (Lipinski definition) is 0. The monoisotopic (exact) mass is 355 g/mol. The zero-order chi connectivity index (χ0) is 13.2. The molecule has 94 valence electrons. The van der Waals surface area contributed by atoms with E-state index in [0.717, 1.165) is 0 Å². The van der Waals surface area contributed by atoms with Crippen LogP contribution in [0.3, 0.4) is 0 Å². The Bertz CT molecular complexity index is 506. The van der Waals surface area contributed by atoms with Crippen LogP contribution >= 0.6 is 0 Å². The lowest BCUT2D eigenvalue weighted by molar-refractivity contribution is -0.597. The van der Waals surface area contributed by atoms with Crippen molar-refractivity contribution in [3.63, 3.8) is 0 Å². The SMILES string of the molecule is CC(C)(C)c1ccc([I+]c2ccc(F)cc2)cc1. The van der Waals surface area contributed by atoms with E-state index in [4.69, 9.17) is 0 Å². The summed E-state index contributed by atoms with van der Waals surface area (Å²) in [5.41, 5.74) is 1.56. The first-order valence-electron chi connectivity index (χ1n) is 5.96. The molecule has 0 aromatic heterocycles. The molecule has 0 amide bonds. The molecule has 0 spiro atoms. The quantitative estimate of drug-likeness (QED) is 0.712. The van der Waals surface area contributed by atoms with E-state index in [1.165, 1.54) is 12.7 Å². The van der Waals surface area contributed by atoms with Crippen LogP contribution in [0, 0.1) is 13.0 Å². The van der Waals surface area contributed by atoms with Gasteiger partial charge in [-0.05, 0) is 47.4 Å². The smallest absolute Gasteiger partial charge is 0.207 e. The van der Waals surface area contributed by atoms with Gasteiger partial charge in [0, 0.05) is 0 Å². The molecule has 2 aromatic carbocycles. The summed E-state index contributed by atoms with van der Waals surface area (Å²) in [5, 5.41) is 0. The third-order valence-corrected chi connectivity index (χ3v) is 5.42. The van der Waals surface area contributed by atoms with E-state index in [1.54, 1.807) is 12.1 Å². The van der Waals surface area contributed by atoms with E-state index >= 15 is 0 Å². The highest BCUT2D eigenvalue weighted by Gasteiger charge is 2.18. The van der Waals surface area contributed by atoms with Gasteiger partial charge in [0.05, 0.1) is 0 Å². The molecule has 0 N–H and O–H groups in total. The van der Waals surface area contributed by atoms with Crippen molar-refractivity contribution in [3.8, 4) is 0 Å². The van der Waals surface area contributed by atoms with Crippen LogP contribution in [0.2, 0.25) is 0 Å². The van der Waals surface area contributed by atoms with Crippen molar-refractivity contribution in [2.24, 2.45) is 0 Å². The summed E-state index contributed by atoms with van der Waals surface area (Å²) < 4.78 is 15.4. The molecule has 0 heterocycles. The lowest BCUT2D eigenvalue weighted by Gasteiger charge is -2.18. The molecule has 0 aliphatic heterocycles. The summed E-state index contributed by atoms with van der Waals surface area (Å²) in [4.78, 5) is 0. The van der Waals surface area contributed by atoms with Crippen LogP contribution in [-0.4, -0.2) is 0 Å². The van der Waals surface area contributed by atoms with Gasteiger partial charge < -0.3 is 0 Å². The maximum Gasteiger partial charge on any atom is 0.357 e. The first-order valence-corrected chi connectivity index (χ1v) is 8.12. The fraction of sp³-hybridized carbons (Fsp3) is 0.250. The van der Waals surface area contributed by atoms with Crippen molar-refractivity contribution in [1.29, 1.82) is 0 Å². The van der Waals surface area contributed by atoms with Crippen LogP contribution in [-0.2, 0) is 5.41 Å². The predicted octanol–water partition coefficient (Wildman–Crippen LogP) is 1.25. The Morgan fingerprint density at radius 2 is 1.22 bits per heavy atom. The number of rotatable bonds is 2. The molecule has 2 aromatic rings. The molecule has 0 bridgehead atoms. The third-order valence-electron chi connectivity index (χ3n) is 2.73. The summed E-state index contributed by atoms with van der Waals surface area (Å²) >= 11 is -0.200. The fourth-order valence-electron chi connectivity index (χ4n) is 1.63. The van der Waals surface area contributed by atoms with E-state index in [9.17, 15) is 4.39 Å². The lowest BCUT2D eigenvalue weighted by atomic mass is 9.87. The molecule has 0 nitrogen and oxygen atoms in total. The Morgan fingerprint density at radius 3 is 1.67 bits per heavy atom. The maximum atomic E-state index is 12.8. The van der Waals surface area contributed by atoms with E-state index in [1.807, 2.05) is 12.1 Å². The minimum atomic E-state index is -0.200. The Kier molecular flexibility index (Phi) is 4.05. The Morgan fingerprint density at radius 1 is 0.778 bits per heavy atom. The van der Waals surface area contributed by atoms with Gasteiger partial charge in [-0.15, -0.1) is 0 Å². The van der Waals surface area contributed by atoms with E-state index < -0.39 is 0 Å². The second kappa shape index (κ2) is 5.39. The zero-order valence-electron chi connectivity index (χ0n) is 10.9. The van der Waals surface area contributed by atoms with Crippen LogP contribution in [0.4, 0.5) is 4.39 Å². The van der Waals surface area contributed by atoms with Gasteiger partial charge in [0.25, 0.3) is 0 Å². The number of benzene rings is 2. The zero-order valence-corrected chi connectivity index (χ0v) is 13.0. The second-order valence-corrected chi connectivity index (χ2v) is 8.32. The van der Waals surface area contributed by atoms with Gasteiger partial charge in [0.1, 0.15) is 5.82 Å². The minimum absolute atomic E-state index is 0.161. The van der Waals surface area contributed by atoms with Crippen molar-refractivity contribution in [3.05, 3.63) is 67.1 Å². The van der Waals surface area contributed by atoms with Crippen molar-refractivity contribution < 1.29 is 25.6 Å². The number of hydrogen-bond acceptors (Lipinski definition) is 0. The standard InChI is InChI=1S/C16H17FI/c1-16(2,3)12-4-8-14(9-5-12)18-15-10-6-13(17)7-11-15/h4-11H,1-3H3/q+1. The number of halogens is 2. The van der Waals surface area contributed by atoms with Gasteiger partial charge in [-0.3, -0.25) is 0 Å². The summed E-state index contributed by atoms with van der Waals surface area (Å²) in [6.45, 7) is 6.66. The molecule has 0 aliphatic rings.